The van der Waals surface area contributed by atoms with Crippen molar-refractivity contribution in [2.24, 2.45) is 0 Å². The van der Waals surface area contributed by atoms with E-state index in [4.69, 9.17) is 0 Å². The molecule has 1 unspecified atom stereocenters. The van der Waals surface area contributed by atoms with Gasteiger partial charge in [-0.3, -0.25) is 4.18 Å². The summed E-state index contributed by atoms with van der Waals surface area (Å²) in [5, 5.41) is 2.78. The maximum absolute atomic E-state index is 12.2. The van der Waals surface area contributed by atoms with E-state index in [1.54, 1.807) is 0 Å². The molecule has 0 saturated heterocycles. The van der Waals surface area contributed by atoms with Crippen LogP contribution in [0, 0.1) is 6.92 Å². The molecule has 0 fully saturated rings. The maximum Gasteiger partial charge on any atom is 0.438 e. The topological polar surface area (TPSA) is 52.3 Å². The van der Waals surface area contributed by atoms with Gasteiger partial charge in [0, 0.05) is 0 Å². The van der Waals surface area contributed by atoms with E-state index in [0.717, 1.165) is 7.11 Å². The minimum absolute atomic E-state index is 0.169. The van der Waals surface area contributed by atoms with Crippen molar-refractivity contribution in [2.75, 3.05) is 7.11 Å². The molecule has 0 aliphatic carbocycles. The summed E-state index contributed by atoms with van der Waals surface area (Å²) in [5.74, 6) is -0.169. The zero-order valence-electron chi connectivity index (χ0n) is 7.21. The predicted molar refractivity (Wildman–Crippen MR) is 39.7 cm³/mol. The lowest BCUT2D eigenvalue weighted by Gasteiger charge is -2.03. The van der Waals surface area contributed by atoms with Gasteiger partial charge < -0.3 is 4.52 Å². The van der Waals surface area contributed by atoms with Crippen LogP contribution in [-0.4, -0.2) is 16.5 Å². The van der Waals surface area contributed by atoms with Gasteiger partial charge in [0.05, 0.1) is 7.11 Å². The molecule has 1 aromatic heterocycles. The number of rotatable bonds is 2. The molecule has 0 bridgehead atoms. The van der Waals surface area contributed by atoms with Crippen LogP contribution in [0.15, 0.2) is 9.42 Å². The fraction of sp³-hybridized carbons (Fsp3) is 0.500. The van der Waals surface area contributed by atoms with Gasteiger partial charge in [0.15, 0.2) is 16.8 Å². The number of aryl methyl sites for hydroxylation is 1. The van der Waals surface area contributed by atoms with Crippen molar-refractivity contribution >= 4 is 11.1 Å². The van der Waals surface area contributed by atoms with Crippen LogP contribution >= 0.6 is 0 Å². The van der Waals surface area contributed by atoms with Gasteiger partial charge >= 0.3 is 6.18 Å². The largest absolute Gasteiger partial charge is 0.438 e. The Balaban J connectivity index is 3.26. The standard InChI is InChI=1S/C6H6F3NO3S/c1-3-4(14(11)12-2)5(10-13-3)6(7,8)9/h1-2H3. The van der Waals surface area contributed by atoms with E-state index < -0.39 is 27.8 Å². The van der Waals surface area contributed by atoms with Crippen LogP contribution in [0.5, 0.6) is 0 Å². The second-order valence-electron chi connectivity index (χ2n) is 2.32. The fourth-order valence-electron chi connectivity index (χ4n) is 0.824. The van der Waals surface area contributed by atoms with Crippen LogP contribution in [0.4, 0.5) is 13.2 Å². The van der Waals surface area contributed by atoms with E-state index in [0.29, 0.717) is 0 Å². The number of nitrogens with zero attached hydrogens (tertiary/aromatic N) is 1. The second-order valence-corrected chi connectivity index (χ2v) is 3.53. The van der Waals surface area contributed by atoms with E-state index in [2.05, 4.69) is 13.9 Å². The molecule has 0 spiro atoms. The Morgan fingerprint density at radius 1 is 1.50 bits per heavy atom. The first-order chi connectivity index (χ1) is 6.38. The fourth-order valence-corrected chi connectivity index (χ4v) is 1.57. The van der Waals surface area contributed by atoms with E-state index in [1.807, 2.05) is 0 Å². The zero-order valence-corrected chi connectivity index (χ0v) is 8.03. The first kappa shape index (κ1) is 11.2. The van der Waals surface area contributed by atoms with Gasteiger partial charge in [-0.25, -0.2) is 4.21 Å². The summed E-state index contributed by atoms with van der Waals surface area (Å²) in [6, 6.07) is 0. The molecule has 0 aliphatic heterocycles. The molecule has 1 atom stereocenters. The zero-order chi connectivity index (χ0) is 10.9. The van der Waals surface area contributed by atoms with Crippen LogP contribution in [0.2, 0.25) is 0 Å². The van der Waals surface area contributed by atoms with Gasteiger partial charge in [0.1, 0.15) is 4.90 Å². The van der Waals surface area contributed by atoms with Crippen molar-refractivity contribution in [3.8, 4) is 0 Å². The van der Waals surface area contributed by atoms with Crippen molar-refractivity contribution < 1.29 is 26.1 Å². The average molecular weight is 229 g/mol. The van der Waals surface area contributed by atoms with Gasteiger partial charge in [-0.15, -0.1) is 0 Å². The maximum atomic E-state index is 12.2. The third-order valence-electron chi connectivity index (χ3n) is 1.40. The number of hydrogen-bond donors (Lipinski definition) is 0. The number of halogens is 3. The van der Waals surface area contributed by atoms with Crippen LogP contribution in [0.3, 0.4) is 0 Å². The van der Waals surface area contributed by atoms with Crippen molar-refractivity contribution in [1.29, 1.82) is 0 Å². The molecule has 0 N–H and O–H groups in total. The van der Waals surface area contributed by atoms with E-state index in [-0.39, 0.29) is 5.76 Å². The molecule has 1 heterocycles. The van der Waals surface area contributed by atoms with Gasteiger partial charge in [0.25, 0.3) is 0 Å². The van der Waals surface area contributed by atoms with E-state index in [1.165, 1.54) is 6.92 Å². The summed E-state index contributed by atoms with van der Waals surface area (Å²) in [7, 11) is 1.03. The highest BCUT2D eigenvalue weighted by Crippen LogP contribution is 2.34. The molecular weight excluding hydrogens is 223 g/mol. The normalized spacial score (nSPS) is 14.4. The summed E-state index contributed by atoms with van der Waals surface area (Å²) in [4.78, 5) is -0.569. The van der Waals surface area contributed by atoms with Crippen molar-refractivity contribution in [3.05, 3.63) is 11.5 Å². The summed E-state index contributed by atoms with van der Waals surface area (Å²) in [6.07, 6.45) is -4.69. The van der Waals surface area contributed by atoms with Gasteiger partial charge in [-0.1, -0.05) is 5.16 Å². The van der Waals surface area contributed by atoms with E-state index >= 15 is 0 Å². The molecule has 8 heteroatoms. The summed E-state index contributed by atoms with van der Waals surface area (Å²) in [6.45, 7) is 1.23. The second kappa shape index (κ2) is 3.70. The van der Waals surface area contributed by atoms with Gasteiger partial charge in [-0.2, -0.15) is 13.2 Å². The first-order valence-electron chi connectivity index (χ1n) is 3.37. The smallest absolute Gasteiger partial charge is 0.360 e. The molecule has 0 aliphatic rings. The van der Waals surface area contributed by atoms with Gasteiger partial charge in [0.2, 0.25) is 5.69 Å². The Kier molecular flexibility index (Phi) is 2.95. The first-order valence-corrected chi connectivity index (χ1v) is 4.45. The Hall–Kier alpha value is -0.890. The summed E-state index contributed by atoms with van der Waals surface area (Å²) < 4.78 is 56.4. The van der Waals surface area contributed by atoms with Crippen molar-refractivity contribution in [2.45, 2.75) is 18.0 Å². The highest BCUT2D eigenvalue weighted by molar-refractivity contribution is 7.80. The van der Waals surface area contributed by atoms with Crippen LogP contribution in [0.1, 0.15) is 11.5 Å². The molecule has 0 radical (unpaired) electrons. The number of aromatic nitrogens is 1. The summed E-state index contributed by atoms with van der Waals surface area (Å²) >= 11 is -2.21. The SMILES string of the molecule is COS(=O)c1c(C(F)(F)F)noc1C. The highest BCUT2D eigenvalue weighted by Gasteiger charge is 2.40. The lowest BCUT2D eigenvalue weighted by molar-refractivity contribution is -0.144. The van der Waals surface area contributed by atoms with Crippen molar-refractivity contribution in [1.82, 2.24) is 5.16 Å². The quantitative estimate of drug-likeness (QED) is 0.774. The Bertz CT molecular complexity index is 360. The minimum atomic E-state index is -4.69. The molecule has 1 rings (SSSR count). The number of hydrogen-bond acceptors (Lipinski definition) is 4. The minimum Gasteiger partial charge on any atom is -0.360 e. The summed E-state index contributed by atoms with van der Waals surface area (Å²) in [5.41, 5.74) is -1.31. The number of alkyl halides is 3. The van der Waals surface area contributed by atoms with Crippen LogP contribution in [-0.2, 0) is 21.4 Å². The highest BCUT2D eigenvalue weighted by atomic mass is 32.2. The molecule has 1 aromatic rings. The molecule has 0 amide bonds. The molecule has 4 nitrogen and oxygen atoms in total. The molecule has 0 saturated carbocycles. The Morgan fingerprint density at radius 2 is 2.07 bits per heavy atom. The Morgan fingerprint density at radius 3 is 2.50 bits per heavy atom. The third-order valence-corrected chi connectivity index (χ3v) is 2.51. The monoisotopic (exact) mass is 229 g/mol. The molecule has 0 aromatic carbocycles. The van der Waals surface area contributed by atoms with Crippen molar-refractivity contribution in [3.63, 3.8) is 0 Å². The Labute approximate surface area is 79.7 Å². The van der Waals surface area contributed by atoms with Crippen LogP contribution < -0.4 is 0 Å². The molecule has 80 valence electrons. The van der Waals surface area contributed by atoms with Crippen LogP contribution in [0.25, 0.3) is 0 Å². The average Bonchev–Trinajstić information content (AvgIpc) is 2.45. The third kappa shape index (κ3) is 1.95. The lowest BCUT2D eigenvalue weighted by atomic mass is 10.4. The van der Waals surface area contributed by atoms with Gasteiger partial charge in [-0.05, 0) is 6.92 Å². The lowest BCUT2D eigenvalue weighted by Crippen LogP contribution is -2.10. The predicted octanol–water partition coefficient (Wildman–Crippen LogP) is 1.67. The molecular formula is C6H6F3NO3S. The van der Waals surface area contributed by atoms with E-state index in [9.17, 15) is 17.4 Å². The molecule has 14 heavy (non-hydrogen) atoms.